The van der Waals surface area contributed by atoms with E-state index in [1.807, 2.05) is 18.2 Å². The molecule has 0 saturated heterocycles. The third-order valence-electron chi connectivity index (χ3n) is 2.89. The molecule has 1 aromatic carbocycles. The molecule has 98 valence electrons. The molecule has 0 saturated carbocycles. The van der Waals surface area contributed by atoms with Crippen LogP contribution in [-0.4, -0.2) is 22.3 Å². The summed E-state index contributed by atoms with van der Waals surface area (Å²) in [6.45, 7) is 4.17. The molecular formula is C14H20N2OS. The van der Waals surface area contributed by atoms with Crippen LogP contribution in [0.2, 0.25) is 0 Å². The largest absolute Gasteiger partial charge is 0.308 e. The van der Waals surface area contributed by atoms with Crippen LogP contribution in [0, 0.1) is 11.3 Å². The Morgan fingerprint density at radius 2 is 2.17 bits per heavy atom. The minimum absolute atomic E-state index is 0.193. The van der Waals surface area contributed by atoms with Crippen molar-refractivity contribution in [1.82, 2.24) is 5.32 Å². The van der Waals surface area contributed by atoms with E-state index in [2.05, 4.69) is 25.2 Å². The van der Waals surface area contributed by atoms with Crippen molar-refractivity contribution in [2.45, 2.75) is 32.4 Å². The standard InChI is InChI=1S/C14H20N2OS/c1-11(7-8-18(3)17)16-12(2)14-6-4-5-13(9-14)10-15/h4-6,9,11-12,16H,7-8H2,1-3H3. The van der Waals surface area contributed by atoms with Crippen LogP contribution in [0.5, 0.6) is 0 Å². The Hall–Kier alpha value is -1.18. The second kappa shape index (κ2) is 7.30. The van der Waals surface area contributed by atoms with E-state index in [0.29, 0.717) is 11.6 Å². The van der Waals surface area contributed by atoms with Gasteiger partial charge in [-0.25, -0.2) is 0 Å². The summed E-state index contributed by atoms with van der Waals surface area (Å²) in [6, 6.07) is 10.3. The lowest BCUT2D eigenvalue weighted by Crippen LogP contribution is -2.30. The SMILES string of the molecule is CC(CCS(C)=O)NC(C)c1cccc(C#N)c1. The molecule has 0 aromatic heterocycles. The van der Waals surface area contributed by atoms with Gasteiger partial charge in [-0.2, -0.15) is 5.26 Å². The molecule has 1 aromatic rings. The van der Waals surface area contributed by atoms with Gasteiger partial charge in [-0.1, -0.05) is 12.1 Å². The first-order valence-corrected chi connectivity index (χ1v) is 7.81. The van der Waals surface area contributed by atoms with E-state index in [4.69, 9.17) is 5.26 Å². The highest BCUT2D eigenvalue weighted by atomic mass is 32.2. The molecular weight excluding hydrogens is 244 g/mol. The van der Waals surface area contributed by atoms with Gasteiger partial charge in [0.05, 0.1) is 11.6 Å². The Kier molecular flexibility index (Phi) is 6.03. The fourth-order valence-electron chi connectivity index (χ4n) is 1.83. The van der Waals surface area contributed by atoms with Crippen LogP contribution < -0.4 is 5.32 Å². The van der Waals surface area contributed by atoms with Crippen molar-refractivity contribution in [3.63, 3.8) is 0 Å². The minimum atomic E-state index is -0.734. The summed E-state index contributed by atoms with van der Waals surface area (Å²) >= 11 is 0. The molecule has 1 rings (SSSR count). The Morgan fingerprint density at radius 3 is 2.78 bits per heavy atom. The van der Waals surface area contributed by atoms with Crippen LogP contribution in [-0.2, 0) is 10.8 Å². The van der Waals surface area contributed by atoms with Gasteiger partial charge in [0.15, 0.2) is 0 Å². The van der Waals surface area contributed by atoms with Crippen LogP contribution in [0.15, 0.2) is 24.3 Å². The lowest BCUT2D eigenvalue weighted by atomic mass is 10.0. The van der Waals surface area contributed by atoms with E-state index < -0.39 is 10.8 Å². The van der Waals surface area contributed by atoms with Crippen molar-refractivity contribution in [1.29, 1.82) is 5.26 Å². The monoisotopic (exact) mass is 264 g/mol. The number of hydrogen-bond acceptors (Lipinski definition) is 3. The van der Waals surface area contributed by atoms with Crippen molar-refractivity contribution < 1.29 is 4.21 Å². The zero-order chi connectivity index (χ0) is 13.5. The lowest BCUT2D eigenvalue weighted by molar-refractivity contribution is 0.470. The van der Waals surface area contributed by atoms with Crippen LogP contribution in [0.25, 0.3) is 0 Å². The van der Waals surface area contributed by atoms with Gasteiger partial charge >= 0.3 is 0 Å². The molecule has 0 radical (unpaired) electrons. The maximum Gasteiger partial charge on any atom is 0.0991 e. The molecule has 0 bridgehead atoms. The molecule has 0 fully saturated rings. The number of nitrogens with one attached hydrogen (secondary N) is 1. The predicted molar refractivity (Wildman–Crippen MR) is 75.7 cm³/mol. The summed E-state index contributed by atoms with van der Waals surface area (Å²) in [5.74, 6) is 0.721. The quantitative estimate of drug-likeness (QED) is 0.858. The molecule has 3 atom stereocenters. The predicted octanol–water partition coefficient (Wildman–Crippen LogP) is 2.37. The smallest absolute Gasteiger partial charge is 0.0991 e. The normalized spacial score (nSPS) is 15.7. The van der Waals surface area contributed by atoms with E-state index in [1.165, 1.54) is 0 Å². The molecule has 0 aliphatic heterocycles. The number of rotatable bonds is 6. The molecule has 0 amide bonds. The van der Waals surface area contributed by atoms with E-state index in [9.17, 15) is 4.21 Å². The first-order chi connectivity index (χ1) is 8.52. The van der Waals surface area contributed by atoms with E-state index >= 15 is 0 Å². The van der Waals surface area contributed by atoms with Gasteiger partial charge in [-0.3, -0.25) is 4.21 Å². The summed E-state index contributed by atoms with van der Waals surface area (Å²) in [6.07, 6.45) is 2.62. The molecule has 3 unspecified atom stereocenters. The van der Waals surface area contributed by atoms with E-state index in [-0.39, 0.29) is 6.04 Å². The van der Waals surface area contributed by atoms with Crippen LogP contribution in [0.3, 0.4) is 0 Å². The number of nitrogens with zero attached hydrogens (tertiary/aromatic N) is 1. The Balaban J connectivity index is 2.56. The molecule has 1 N–H and O–H groups in total. The lowest BCUT2D eigenvalue weighted by Gasteiger charge is -2.20. The average Bonchev–Trinajstić information content (AvgIpc) is 2.36. The highest BCUT2D eigenvalue weighted by Crippen LogP contribution is 2.15. The Labute approximate surface area is 112 Å². The second-order valence-electron chi connectivity index (χ2n) is 4.59. The number of hydrogen-bond donors (Lipinski definition) is 1. The van der Waals surface area contributed by atoms with Gasteiger partial charge < -0.3 is 5.32 Å². The maximum atomic E-state index is 11.0. The van der Waals surface area contributed by atoms with Crippen molar-refractivity contribution in [3.05, 3.63) is 35.4 Å². The molecule has 3 nitrogen and oxygen atoms in total. The summed E-state index contributed by atoms with van der Waals surface area (Å²) in [5, 5.41) is 12.3. The fourth-order valence-corrected chi connectivity index (χ4v) is 2.51. The molecule has 0 spiro atoms. The molecule has 0 aliphatic carbocycles. The number of nitriles is 1. The van der Waals surface area contributed by atoms with Crippen molar-refractivity contribution in [3.8, 4) is 6.07 Å². The third kappa shape index (κ3) is 4.99. The van der Waals surface area contributed by atoms with Gasteiger partial charge in [-0.05, 0) is 38.0 Å². The summed E-state index contributed by atoms with van der Waals surface area (Å²) in [5.41, 5.74) is 1.79. The summed E-state index contributed by atoms with van der Waals surface area (Å²) in [4.78, 5) is 0. The minimum Gasteiger partial charge on any atom is -0.308 e. The van der Waals surface area contributed by atoms with E-state index in [0.717, 1.165) is 17.7 Å². The summed E-state index contributed by atoms with van der Waals surface area (Å²) in [7, 11) is -0.734. The van der Waals surface area contributed by atoms with Crippen molar-refractivity contribution in [2.75, 3.05) is 12.0 Å². The first kappa shape index (κ1) is 14.9. The topological polar surface area (TPSA) is 52.9 Å². The van der Waals surface area contributed by atoms with E-state index in [1.54, 1.807) is 12.3 Å². The van der Waals surface area contributed by atoms with Gasteiger partial charge in [0.2, 0.25) is 0 Å². The van der Waals surface area contributed by atoms with Crippen LogP contribution >= 0.6 is 0 Å². The van der Waals surface area contributed by atoms with Gasteiger partial charge in [-0.15, -0.1) is 0 Å². The van der Waals surface area contributed by atoms with Gasteiger partial charge in [0, 0.05) is 34.9 Å². The van der Waals surface area contributed by atoms with Crippen molar-refractivity contribution >= 4 is 10.8 Å². The van der Waals surface area contributed by atoms with Gasteiger partial charge in [0.25, 0.3) is 0 Å². The molecule has 0 aliphatic rings. The van der Waals surface area contributed by atoms with Gasteiger partial charge in [0.1, 0.15) is 0 Å². The molecule has 4 heteroatoms. The zero-order valence-corrected chi connectivity index (χ0v) is 12.0. The summed E-state index contributed by atoms with van der Waals surface area (Å²) < 4.78 is 11.0. The second-order valence-corrected chi connectivity index (χ2v) is 6.15. The first-order valence-electron chi connectivity index (χ1n) is 6.09. The number of benzene rings is 1. The maximum absolute atomic E-state index is 11.0. The Morgan fingerprint density at radius 1 is 1.44 bits per heavy atom. The van der Waals surface area contributed by atoms with Crippen molar-refractivity contribution in [2.24, 2.45) is 0 Å². The molecule has 0 heterocycles. The highest BCUT2D eigenvalue weighted by molar-refractivity contribution is 7.84. The molecule has 18 heavy (non-hydrogen) atoms. The zero-order valence-electron chi connectivity index (χ0n) is 11.1. The highest BCUT2D eigenvalue weighted by Gasteiger charge is 2.10. The average molecular weight is 264 g/mol. The van der Waals surface area contributed by atoms with Crippen LogP contribution in [0.1, 0.15) is 37.4 Å². The fraction of sp³-hybridized carbons (Fsp3) is 0.500. The third-order valence-corrected chi connectivity index (χ3v) is 3.70. The Bertz CT molecular complexity index is 453. The van der Waals surface area contributed by atoms with Crippen LogP contribution in [0.4, 0.5) is 0 Å².